The van der Waals surface area contributed by atoms with Crippen LogP contribution in [0.15, 0.2) is 40.9 Å². The molecule has 0 amide bonds. The van der Waals surface area contributed by atoms with E-state index in [2.05, 4.69) is 28.1 Å². The third-order valence-electron chi connectivity index (χ3n) is 2.96. The van der Waals surface area contributed by atoms with Gasteiger partial charge in [0.15, 0.2) is 0 Å². The summed E-state index contributed by atoms with van der Waals surface area (Å²) in [4.78, 5) is 0. The zero-order chi connectivity index (χ0) is 12.1. The van der Waals surface area contributed by atoms with Crippen LogP contribution >= 0.6 is 15.9 Å². The highest BCUT2D eigenvalue weighted by molar-refractivity contribution is 9.10. The molecule has 0 fully saturated rings. The Kier molecular flexibility index (Phi) is 4.63. The molecule has 1 aromatic rings. The van der Waals surface area contributed by atoms with Gasteiger partial charge in [0.1, 0.15) is 11.9 Å². The van der Waals surface area contributed by atoms with Gasteiger partial charge in [0, 0.05) is 0 Å². The smallest absolute Gasteiger partial charge is 0.134 e. The Morgan fingerprint density at radius 3 is 2.59 bits per heavy atom. The van der Waals surface area contributed by atoms with Gasteiger partial charge in [-0.05, 0) is 53.7 Å². The molecule has 1 aliphatic carbocycles. The highest BCUT2D eigenvalue weighted by Crippen LogP contribution is 2.27. The summed E-state index contributed by atoms with van der Waals surface area (Å²) in [6, 6.07) is 7.76. The lowest BCUT2D eigenvalue weighted by molar-refractivity contribution is 0.0257. The number of rotatable bonds is 2. The Bertz CT molecular complexity index is 390. The van der Waals surface area contributed by atoms with E-state index in [1.807, 2.05) is 24.3 Å². The fourth-order valence-corrected chi connectivity index (χ4v) is 2.36. The van der Waals surface area contributed by atoms with E-state index in [0.717, 1.165) is 35.9 Å². The highest BCUT2D eigenvalue weighted by Gasteiger charge is 2.21. The van der Waals surface area contributed by atoms with Crippen LogP contribution in [-0.2, 0) is 0 Å². The van der Waals surface area contributed by atoms with E-state index < -0.39 is 0 Å². The molecule has 0 aliphatic heterocycles. The van der Waals surface area contributed by atoms with Crippen molar-refractivity contribution in [2.75, 3.05) is 0 Å². The fraction of sp³-hybridized carbons (Fsp3) is 0.429. The molecule has 92 valence electrons. The summed E-state index contributed by atoms with van der Waals surface area (Å²) >= 11 is 3.46. The maximum absolute atomic E-state index is 10.1. The number of benzene rings is 1. The first-order valence-corrected chi connectivity index (χ1v) is 6.81. The zero-order valence-corrected chi connectivity index (χ0v) is 11.3. The van der Waals surface area contributed by atoms with Gasteiger partial charge in [0.2, 0.25) is 0 Å². The number of aliphatic hydroxyl groups excluding tert-OH is 1. The van der Waals surface area contributed by atoms with Crippen molar-refractivity contribution in [2.45, 2.75) is 37.9 Å². The van der Waals surface area contributed by atoms with E-state index in [0.29, 0.717) is 0 Å². The van der Waals surface area contributed by atoms with E-state index in [-0.39, 0.29) is 12.2 Å². The van der Waals surface area contributed by atoms with Gasteiger partial charge in [0.25, 0.3) is 0 Å². The summed E-state index contributed by atoms with van der Waals surface area (Å²) < 4.78 is 6.84. The van der Waals surface area contributed by atoms with Crippen LogP contribution in [0.1, 0.15) is 25.7 Å². The predicted molar refractivity (Wildman–Crippen MR) is 72.2 cm³/mol. The van der Waals surface area contributed by atoms with E-state index in [4.69, 9.17) is 4.74 Å². The fourth-order valence-electron chi connectivity index (χ4n) is 1.98. The summed E-state index contributed by atoms with van der Waals surface area (Å²) in [6.45, 7) is 0. The average molecular weight is 297 g/mol. The third-order valence-corrected chi connectivity index (χ3v) is 3.61. The van der Waals surface area contributed by atoms with Crippen LogP contribution in [0.4, 0.5) is 0 Å². The first kappa shape index (κ1) is 12.7. The molecule has 0 spiro atoms. The molecular weight excluding hydrogens is 280 g/mol. The number of allylic oxidation sites excluding steroid dienone is 2. The first-order chi connectivity index (χ1) is 8.27. The van der Waals surface area contributed by atoms with Crippen molar-refractivity contribution in [1.29, 1.82) is 0 Å². The molecule has 2 nitrogen and oxygen atoms in total. The number of aliphatic hydroxyl groups is 1. The summed E-state index contributed by atoms with van der Waals surface area (Å²) in [5, 5.41) is 10.1. The predicted octanol–water partition coefficient (Wildman–Crippen LogP) is 3.69. The molecule has 1 aliphatic rings. The van der Waals surface area contributed by atoms with E-state index in [1.54, 1.807) is 0 Å². The summed E-state index contributed by atoms with van der Waals surface area (Å²) in [7, 11) is 0. The van der Waals surface area contributed by atoms with Crippen molar-refractivity contribution >= 4 is 15.9 Å². The quantitative estimate of drug-likeness (QED) is 0.844. The molecule has 0 radical (unpaired) electrons. The maximum Gasteiger partial charge on any atom is 0.134 e. The Hall–Kier alpha value is -0.800. The first-order valence-electron chi connectivity index (χ1n) is 6.01. The van der Waals surface area contributed by atoms with Crippen molar-refractivity contribution in [3.8, 4) is 5.75 Å². The van der Waals surface area contributed by atoms with Crippen LogP contribution in [0.3, 0.4) is 0 Å². The Morgan fingerprint density at radius 2 is 1.82 bits per heavy atom. The molecule has 2 atom stereocenters. The van der Waals surface area contributed by atoms with Gasteiger partial charge < -0.3 is 9.84 Å². The standard InChI is InChI=1S/C14H17BrO2/c15-11-7-5-6-9-13(11)17-14-10-4-2-1-3-8-12(14)16/h1-2,5-7,9,12,14,16H,3-4,8,10H2/b2-1-/t12-,14-/m0/s1. The number of halogens is 1. The molecule has 3 heteroatoms. The molecule has 0 aromatic heterocycles. The lowest BCUT2D eigenvalue weighted by Gasteiger charge is -2.25. The number of ether oxygens (including phenoxy) is 1. The summed E-state index contributed by atoms with van der Waals surface area (Å²) in [5.41, 5.74) is 0. The second-order valence-electron chi connectivity index (χ2n) is 4.28. The van der Waals surface area contributed by atoms with Crippen molar-refractivity contribution in [3.63, 3.8) is 0 Å². The molecule has 2 rings (SSSR count). The van der Waals surface area contributed by atoms with Gasteiger partial charge in [-0.1, -0.05) is 24.3 Å². The number of hydrogen-bond acceptors (Lipinski definition) is 2. The largest absolute Gasteiger partial charge is 0.487 e. The van der Waals surface area contributed by atoms with E-state index in [1.165, 1.54) is 0 Å². The summed E-state index contributed by atoms with van der Waals surface area (Å²) in [6.07, 6.45) is 7.33. The SMILES string of the molecule is O[C@H]1CC/C=C\CC[C@@H]1Oc1ccccc1Br. The minimum atomic E-state index is -0.382. The molecule has 0 saturated heterocycles. The lowest BCUT2D eigenvalue weighted by Crippen LogP contribution is -2.32. The molecular formula is C14H17BrO2. The van der Waals surface area contributed by atoms with Crippen molar-refractivity contribution in [3.05, 3.63) is 40.9 Å². The van der Waals surface area contributed by atoms with E-state index >= 15 is 0 Å². The molecule has 0 bridgehead atoms. The van der Waals surface area contributed by atoms with Crippen molar-refractivity contribution in [2.24, 2.45) is 0 Å². The molecule has 0 saturated carbocycles. The minimum Gasteiger partial charge on any atom is -0.487 e. The van der Waals surface area contributed by atoms with Crippen molar-refractivity contribution < 1.29 is 9.84 Å². The highest BCUT2D eigenvalue weighted by atomic mass is 79.9. The van der Waals surface area contributed by atoms with Gasteiger partial charge in [-0.15, -0.1) is 0 Å². The Labute approximate surface area is 110 Å². The Morgan fingerprint density at radius 1 is 1.12 bits per heavy atom. The van der Waals surface area contributed by atoms with Gasteiger partial charge in [-0.25, -0.2) is 0 Å². The van der Waals surface area contributed by atoms with Crippen LogP contribution in [-0.4, -0.2) is 17.3 Å². The second-order valence-corrected chi connectivity index (χ2v) is 5.13. The number of hydrogen-bond donors (Lipinski definition) is 1. The number of para-hydroxylation sites is 1. The second kappa shape index (κ2) is 6.22. The monoisotopic (exact) mass is 296 g/mol. The van der Waals surface area contributed by atoms with Crippen LogP contribution in [0.25, 0.3) is 0 Å². The summed E-state index contributed by atoms with van der Waals surface area (Å²) in [5.74, 6) is 0.807. The van der Waals surface area contributed by atoms with Gasteiger partial charge >= 0.3 is 0 Å². The zero-order valence-electron chi connectivity index (χ0n) is 9.68. The molecule has 1 N–H and O–H groups in total. The minimum absolute atomic E-state index is 0.112. The van der Waals surface area contributed by atoms with Crippen LogP contribution in [0.2, 0.25) is 0 Å². The lowest BCUT2D eigenvalue weighted by atomic mass is 10.0. The Balaban J connectivity index is 2.06. The normalized spacial score (nSPS) is 26.9. The van der Waals surface area contributed by atoms with Crippen molar-refractivity contribution in [1.82, 2.24) is 0 Å². The molecule has 1 aromatic carbocycles. The van der Waals surface area contributed by atoms with Crippen LogP contribution in [0.5, 0.6) is 5.75 Å². The van der Waals surface area contributed by atoms with Crippen LogP contribution in [0, 0.1) is 0 Å². The van der Waals surface area contributed by atoms with Crippen LogP contribution < -0.4 is 4.74 Å². The maximum atomic E-state index is 10.1. The topological polar surface area (TPSA) is 29.5 Å². The third kappa shape index (κ3) is 3.58. The van der Waals surface area contributed by atoms with E-state index in [9.17, 15) is 5.11 Å². The molecule has 0 heterocycles. The average Bonchev–Trinajstić information content (AvgIpc) is 2.31. The van der Waals surface area contributed by atoms with Gasteiger partial charge in [-0.2, -0.15) is 0 Å². The molecule has 0 unspecified atom stereocenters. The molecule has 17 heavy (non-hydrogen) atoms. The van der Waals surface area contributed by atoms with Gasteiger partial charge in [-0.3, -0.25) is 0 Å². The van der Waals surface area contributed by atoms with Gasteiger partial charge in [0.05, 0.1) is 10.6 Å².